The molecule has 0 N–H and O–H groups in total. The van der Waals surface area contributed by atoms with Crippen molar-refractivity contribution in [3.05, 3.63) is 16.1 Å². The summed E-state index contributed by atoms with van der Waals surface area (Å²) in [5, 5.41) is 3.31. The number of ether oxygens (including phenoxy) is 1. The maximum Gasteiger partial charge on any atom is 0.123 e. The number of aryl methyl sites for hydroxylation is 1. The number of rotatable bonds is 3. The van der Waals surface area contributed by atoms with Crippen LogP contribution >= 0.6 is 11.3 Å². The molecule has 1 aliphatic heterocycles. The standard InChI is InChI=1S/C11H18N2OS/c1-3-4-9-8-15-11(12-9)10-7-13(2)5-6-14-10/h8,10H,3-7H2,1-2H3. The second kappa shape index (κ2) is 5.05. The van der Waals surface area contributed by atoms with Crippen molar-refractivity contribution in [2.24, 2.45) is 0 Å². The fourth-order valence-corrected chi connectivity index (χ4v) is 2.66. The first kappa shape index (κ1) is 11.0. The molecule has 1 aromatic heterocycles. The Bertz CT molecular complexity index is 313. The van der Waals surface area contributed by atoms with Gasteiger partial charge in [-0.2, -0.15) is 0 Å². The van der Waals surface area contributed by atoms with Crippen LogP contribution in [-0.2, 0) is 11.2 Å². The molecular formula is C11H18N2OS. The smallest absolute Gasteiger partial charge is 0.123 e. The van der Waals surface area contributed by atoms with Crippen LogP contribution in [0.2, 0.25) is 0 Å². The van der Waals surface area contributed by atoms with Crippen molar-refractivity contribution in [2.45, 2.75) is 25.9 Å². The van der Waals surface area contributed by atoms with E-state index in [9.17, 15) is 0 Å². The van der Waals surface area contributed by atoms with Crippen molar-refractivity contribution in [3.63, 3.8) is 0 Å². The normalized spacial score (nSPS) is 23.2. The molecule has 1 saturated heterocycles. The van der Waals surface area contributed by atoms with Crippen LogP contribution in [0.5, 0.6) is 0 Å². The fourth-order valence-electron chi connectivity index (χ4n) is 1.77. The molecule has 0 aliphatic carbocycles. The Kier molecular flexibility index (Phi) is 3.72. The summed E-state index contributed by atoms with van der Waals surface area (Å²) >= 11 is 1.74. The lowest BCUT2D eigenvalue weighted by Crippen LogP contribution is -2.35. The monoisotopic (exact) mass is 226 g/mol. The molecule has 1 atom stereocenters. The summed E-state index contributed by atoms with van der Waals surface area (Å²) < 4.78 is 5.73. The van der Waals surface area contributed by atoms with Gasteiger partial charge in [-0.3, -0.25) is 0 Å². The van der Waals surface area contributed by atoms with Gasteiger partial charge < -0.3 is 9.64 Å². The van der Waals surface area contributed by atoms with Crippen LogP contribution in [0.3, 0.4) is 0 Å². The Morgan fingerprint density at radius 3 is 3.27 bits per heavy atom. The molecule has 0 spiro atoms. The Morgan fingerprint density at radius 2 is 2.53 bits per heavy atom. The highest BCUT2D eigenvalue weighted by atomic mass is 32.1. The van der Waals surface area contributed by atoms with Crippen LogP contribution in [0.4, 0.5) is 0 Å². The zero-order chi connectivity index (χ0) is 10.7. The quantitative estimate of drug-likeness (QED) is 0.789. The molecule has 3 nitrogen and oxygen atoms in total. The van der Waals surface area contributed by atoms with E-state index in [-0.39, 0.29) is 6.10 Å². The fraction of sp³-hybridized carbons (Fsp3) is 0.727. The van der Waals surface area contributed by atoms with Gasteiger partial charge in [0, 0.05) is 18.5 Å². The van der Waals surface area contributed by atoms with Gasteiger partial charge in [0.05, 0.1) is 12.3 Å². The number of hydrogen-bond donors (Lipinski definition) is 0. The van der Waals surface area contributed by atoms with Crippen LogP contribution in [0.1, 0.15) is 30.2 Å². The lowest BCUT2D eigenvalue weighted by atomic mass is 10.2. The molecule has 1 fully saturated rings. The number of morpholine rings is 1. The molecular weight excluding hydrogens is 208 g/mol. The molecule has 0 aromatic carbocycles. The van der Waals surface area contributed by atoms with Crippen molar-refractivity contribution >= 4 is 11.3 Å². The average molecular weight is 226 g/mol. The topological polar surface area (TPSA) is 25.4 Å². The van der Waals surface area contributed by atoms with Gasteiger partial charge in [-0.05, 0) is 13.5 Å². The summed E-state index contributed by atoms with van der Waals surface area (Å²) in [5.74, 6) is 0. The van der Waals surface area contributed by atoms with Gasteiger partial charge in [0.25, 0.3) is 0 Å². The van der Waals surface area contributed by atoms with Gasteiger partial charge in [-0.1, -0.05) is 13.3 Å². The van der Waals surface area contributed by atoms with E-state index in [2.05, 4.69) is 29.2 Å². The van der Waals surface area contributed by atoms with Crippen LogP contribution in [0.25, 0.3) is 0 Å². The van der Waals surface area contributed by atoms with Crippen molar-refractivity contribution in [1.29, 1.82) is 0 Å². The summed E-state index contributed by atoms with van der Waals surface area (Å²) in [6, 6.07) is 0. The lowest BCUT2D eigenvalue weighted by Gasteiger charge is -2.28. The first-order valence-electron chi connectivity index (χ1n) is 5.54. The summed E-state index contributed by atoms with van der Waals surface area (Å²) in [4.78, 5) is 6.93. The van der Waals surface area contributed by atoms with Gasteiger partial charge in [0.1, 0.15) is 11.1 Å². The Morgan fingerprint density at radius 1 is 1.67 bits per heavy atom. The molecule has 0 bridgehead atoms. The molecule has 0 saturated carbocycles. The molecule has 1 unspecified atom stereocenters. The Hall–Kier alpha value is -0.450. The number of likely N-dealkylation sites (N-methyl/N-ethyl adjacent to an activating group) is 1. The maximum atomic E-state index is 5.73. The van der Waals surface area contributed by atoms with E-state index in [4.69, 9.17) is 4.74 Å². The third kappa shape index (κ3) is 2.77. The summed E-state index contributed by atoms with van der Waals surface area (Å²) in [6.45, 7) is 5.01. The first-order valence-corrected chi connectivity index (χ1v) is 6.42. The Labute approximate surface area is 95.1 Å². The summed E-state index contributed by atoms with van der Waals surface area (Å²) in [7, 11) is 2.14. The zero-order valence-electron chi connectivity index (χ0n) is 9.40. The van der Waals surface area contributed by atoms with Crippen molar-refractivity contribution < 1.29 is 4.74 Å². The van der Waals surface area contributed by atoms with E-state index >= 15 is 0 Å². The van der Waals surface area contributed by atoms with Crippen LogP contribution in [0.15, 0.2) is 5.38 Å². The molecule has 0 amide bonds. The van der Waals surface area contributed by atoms with E-state index in [1.165, 1.54) is 5.69 Å². The van der Waals surface area contributed by atoms with E-state index < -0.39 is 0 Å². The van der Waals surface area contributed by atoms with E-state index in [0.29, 0.717) is 0 Å². The Balaban J connectivity index is 2.01. The van der Waals surface area contributed by atoms with Crippen molar-refractivity contribution in [2.75, 3.05) is 26.7 Å². The van der Waals surface area contributed by atoms with Gasteiger partial charge in [0.2, 0.25) is 0 Å². The summed E-state index contributed by atoms with van der Waals surface area (Å²) in [6.07, 6.45) is 2.44. The third-order valence-corrected chi connectivity index (χ3v) is 3.61. The average Bonchev–Trinajstić information content (AvgIpc) is 2.67. The molecule has 84 valence electrons. The van der Waals surface area contributed by atoms with Crippen molar-refractivity contribution in [1.82, 2.24) is 9.88 Å². The highest BCUT2D eigenvalue weighted by Crippen LogP contribution is 2.25. The largest absolute Gasteiger partial charge is 0.368 e. The molecule has 2 rings (SSSR count). The van der Waals surface area contributed by atoms with E-state index in [0.717, 1.165) is 37.5 Å². The summed E-state index contributed by atoms with van der Waals surface area (Å²) in [5.41, 5.74) is 1.22. The van der Waals surface area contributed by atoms with Crippen LogP contribution < -0.4 is 0 Å². The zero-order valence-corrected chi connectivity index (χ0v) is 10.2. The number of hydrogen-bond acceptors (Lipinski definition) is 4. The number of aromatic nitrogens is 1. The highest BCUT2D eigenvalue weighted by molar-refractivity contribution is 7.09. The van der Waals surface area contributed by atoms with Crippen molar-refractivity contribution in [3.8, 4) is 0 Å². The highest BCUT2D eigenvalue weighted by Gasteiger charge is 2.22. The van der Waals surface area contributed by atoms with Crippen LogP contribution in [-0.4, -0.2) is 36.6 Å². The van der Waals surface area contributed by atoms with E-state index in [1.807, 2.05) is 0 Å². The van der Waals surface area contributed by atoms with E-state index in [1.54, 1.807) is 11.3 Å². The number of nitrogens with zero attached hydrogens (tertiary/aromatic N) is 2. The van der Waals surface area contributed by atoms with Gasteiger partial charge in [0.15, 0.2) is 0 Å². The first-order chi connectivity index (χ1) is 7.29. The minimum Gasteiger partial charge on any atom is -0.368 e. The lowest BCUT2D eigenvalue weighted by molar-refractivity contribution is -0.0210. The van der Waals surface area contributed by atoms with Gasteiger partial charge in [-0.25, -0.2) is 4.98 Å². The van der Waals surface area contributed by atoms with Crippen LogP contribution in [0, 0.1) is 0 Å². The number of thiazole rings is 1. The molecule has 2 heterocycles. The molecule has 0 radical (unpaired) electrons. The SMILES string of the molecule is CCCc1csc(C2CN(C)CCO2)n1. The second-order valence-electron chi connectivity index (χ2n) is 4.05. The molecule has 1 aromatic rings. The van der Waals surface area contributed by atoms with Gasteiger partial charge in [-0.15, -0.1) is 11.3 Å². The third-order valence-electron chi connectivity index (χ3n) is 2.62. The molecule has 4 heteroatoms. The maximum absolute atomic E-state index is 5.73. The minimum atomic E-state index is 0.194. The predicted molar refractivity (Wildman–Crippen MR) is 62.3 cm³/mol. The van der Waals surface area contributed by atoms with Gasteiger partial charge >= 0.3 is 0 Å². The predicted octanol–water partition coefficient (Wildman–Crippen LogP) is 2.10. The molecule has 1 aliphatic rings. The minimum absolute atomic E-state index is 0.194. The molecule has 15 heavy (non-hydrogen) atoms. The second-order valence-corrected chi connectivity index (χ2v) is 4.94.